The van der Waals surface area contributed by atoms with Gasteiger partial charge in [0.25, 0.3) is 0 Å². The largest absolute Gasteiger partial charge is 0.416 e. The van der Waals surface area contributed by atoms with Gasteiger partial charge in [-0.05, 0) is 42.5 Å². The smallest absolute Gasteiger partial charge is 0.362 e. The summed E-state index contributed by atoms with van der Waals surface area (Å²) in [5.41, 5.74) is 0.685. The molecule has 1 atom stereocenters. The fourth-order valence-corrected chi connectivity index (χ4v) is 2.77. The molecule has 26 heavy (non-hydrogen) atoms. The number of halogens is 3. The Labute approximate surface area is 148 Å². The van der Waals surface area contributed by atoms with Crippen LogP contribution in [-0.4, -0.2) is 30.0 Å². The van der Waals surface area contributed by atoms with Gasteiger partial charge < -0.3 is 15.5 Å². The predicted octanol–water partition coefficient (Wildman–Crippen LogP) is 3.33. The molecular weight excluding hydrogens is 345 g/mol. The van der Waals surface area contributed by atoms with Crippen LogP contribution in [-0.2, 0) is 11.0 Å². The number of pyridine rings is 1. The molecule has 0 unspecified atom stereocenters. The van der Waals surface area contributed by atoms with E-state index in [1.165, 1.54) is 18.2 Å². The molecule has 5 nitrogen and oxygen atoms in total. The summed E-state index contributed by atoms with van der Waals surface area (Å²) in [6, 6.07) is 8.42. The van der Waals surface area contributed by atoms with E-state index in [-0.39, 0.29) is 11.9 Å². The van der Waals surface area contributed by atoms with Crippen LogP contribution >= 0.6 is 0 Å². The summed E-state index contributed by atoms with van der Waals surface area (Å²) in [5.74, 6) is 0.316. The molecule has 3 rings (SSSR count). The summed E-state index contributed by atoms with van der Waals surface area (Å²) in [6.07, 6.45) is -1.57. The van der Waals surface area contributed by atoms with E-state index in [1.807, 2.05) is 11.0 Å². The quantitative estimate of drug-likeness (QED) is 0.819. The second-order valence-electron chi connectivity index (χ2n) is 5.82. The van der Waals surface area contributed by atoms with Gasteiger partial charge in [0.05, 0.1) is 17.3 Å². The molecule has 0 aliphatic carbocycles. The summed E-state index contributed by atoms with van der Waals surface area (Å²) >= 11 is 0. The Morgan fingerprint density at radius 2 is 2.08 bits per heavy atom. The molecule has 2 aromatic rings. The minimum atomic E-state index is -4.38. The molecule has 1 aliphatic heterocycles. The van der Waals surface area contributed by atoms with Gasteiger partial charge in [-0.1, -0.05) is 6.58 Å². The van der Waals surface area contributed by atoms with Gasteiger partial charge >= 0.3 is 6.18 Å². The lowest BCUT2D eigenvalue weighted by molar-refractivity contribution is -0.137. The van der Waals surface area contributed by atoms with Crippen LogP contribution in [0.3, 0.4) is 0 Å². The van der Waals surface area contributed by atoms with Crippen LogP contribution in [0.25, 0.3) is 0 Å². The Bertz CT molecular complexity index is 805. The Balaban J connectivity index is 1.87. The number of nitrogens with zero attached hydrogens (tertiary/aromatic N) is 2. The van der Waals surface area contributed by atoms with Gasteiger partial charge in [-0.2, -0.15) is 13.2 Å². The number of nitrogens with one attached hydrogen (secondary N) is 2. The van der Waals surface area contributed by atoms with E-state index < -0.39 is 11.7 Å². The molecule has 2 N–H and O–H groups in total. The van der Waals surface area contributed by atoms with Crippen LogP contribution in [0, 0.1) is 0 Å². The number of alkyl halides is 3. The molecular formula is C18H17F3N4O. The molecule has 1 amide bonds. The Morgan fingerprint density at radius 1 is 1.35 bits per heavy atom. The molecule has 0 radical (unpaired) electrons. The SMILES string of the molecule is C=CC(=O)NC[C@@H]1CN(c2ccc(C(F)(F)F)cc2)c2cccnc2N1. The number of aromatic nitrogens is 1. The third-order valence-corrected chi connectivity index (χ3v) is 4.04. The van der Waals surface area contributed by atoms with Gasteiger partial charge in [0.15, 0.2) is 0 Å². The van der Waals surface area contributed by atoms with Crippen molar-refractivity contribution < 1.29 is 18.0 Å². The van der Waals surface area contributed by atoms with Crippen molar-refractivity contribution in [3.63, 3.8) is 0 Å². The third kappa shape index (κ3) is 3.79. The molecule has 1 aromatic carbocycles. The average Bonchev–Trinajstić information content (AvgIpc) is 2.64. The molecule has 0 saturated heterocycles. The van der Waals surface area contributed by atoms with Gasteiger partial charge in [0, 0.05) is 25.0 Å². The zero-order chi connectivity index (χ0) is 18.7. The second-order valence-corrected chi connectivity index (χ2v) is 5.82. The molecule has 2 heterocycles. The highest BCUT2D eigenvalue weighted by molar-refractivity contribution is 5.87. The van der Waals surface area contributed by atoms with Crippen LogP contribution in [0.2, 0.25) is 0 Å². The van der Waals surface area contributed by atoms with Crippen molar-refractivity contribution in [2.45, 2.75) is 12.2 Å². The maximum Gasteiger partial charge on any atom is 0.416 e. The minimum Gasteiger partial charge on any atom is -0.362 e. The number of amides is 1. The van der Waals surface area contributed by atoms with E-state index in [4.69, 9.17) is 0 Å². The van der Waals surface area contributed by atoms with Gasteiger partial charge in [-0.25, -0.2) is 4.98 Å². The number of benzene rings is 1. The van der Waals surface area contributed by atoms with E-state index in [9.17, 15) is 18.0 Å². The molecule has 0 saturated carbocycles. The lowest BCUT2D eigenvalue weighted by Crippen LogP contribution is -2.46. The molecule has 0 fully saturated rings. The molecule has 1 aliphatic rings. The fourth-order valence-electron chi connectivity index (χ4n) is 2.77. The predicted molar refractivity (Wildman–Crippen MR) is 93.3 cm³/mol. The standard InChI is InChI=1S/C18H17F3N4O/c1-2-16(26)23-10-13-11-25(15-4-3-9-22-17(15)24-13)14-7-5-12(6-8-14)18(19,20)21/h2-9,13H,1,10-11H2,(H,22,24)(H,23,26)/t13-/m1/s1. The minimum absolute atomic E-state index is 0.163. The van der Waals surface area contributed by atoms with E-state index in [0.29, 0.717) is 24.6 Å². The van der Waals surface area contributed by atoms with Crippen molar-refractivity contribution in [2.75, 3.05) is 23.3 Å². The topological polar surface area (TPSA) is 57.3 Å². The number of rotatable bonds is 4. The average molecular weight is 362 g/mol. The number of hydrogen-bond donors (Lipinski definition) is 2. The van der Waals surface area contributed by atoms with Crippen molar-refractivity contribution in [2.24, 2.45) is 0 Å². The lowest BCUT2D eigenvalue weighted by Gasteiger charge is -2.36. The maximum absolute atomic E-state index is 12.8. The van der Waals surface area contributed by atoms with Crippen LogP contribution in [0.1, 0.15) is 5.56 Å². The zero-order valence-corrected chi connectivity index (χ0v) is 13.8. The Hall–Kier alpha value is -3.03. The highest BCUT2D eigenvalue weighted by atomic mass is 19.4. The highest BCUT2D eigenvalue weighted by Gasteiger charge is 2.31. The van der Waals surface area contributed by atoms with Crippen LogP contribution in [0.15, 0.2) is 55.3 Å². The third-order valence-electron chi connectivity index (χ3n) is 4.04. The number of anilines is 3. The van der Waals surface area contributed by atoms with Gasteiger partial charge in [-0.3, -0.25) is 4.79 Å². The van der Waals surface area contributed by atoms with Crippen LogP contribution in [0.4, 0.5) is 30.4 Å². The highest BCUT2D eigenvalue weighted by Crippen LogP contribution is 2.36. The molecule has 0 bridgehead atoms. The Kier molecular flexibility index (Phi) is 4.83. The first-order valence-corrected chi connectivity index (χ1v) is 7.95. The summed E-state index contributed by atoms with van der Waals surface area (Å²) < 4.78 is 38.4. The normalized spacial score (nSPS) is 16.4. The van der Waals surface area contributed by atoms with Crippen LogP contribution < -0.4 is 15.5 Å². The molecule has 8 heteroatoms. The molecule has 136 valence electrons. The number of carbonyl (C=O) groups is 1. The van der Waals surface area contributed by atoms with Crippen molar-refractivity contribution >= 4 is 23.1 Å². The van der Waals surface area contributed by atoms with E-state index >= 15 is 0 Å². The summed E-state index contributed by atoms with van der Waals surface area (Å²) in [5, 5.41) is 5.94. The van der Waals surface area contributed by atoms with Crippen molar-refractivity contribution in [1.29, 1.82) is 0 Å². The monoisotopic (exact) mass is 362 g/mol. The first-order chi connectivity index (χ1) is 12.4. The Morgan fingerprint density at radius 3 is 2.73 bits per heavy atom. The second kappa shape index (κ2) is 7.07. The van der Waals surface area contributed by atoms with Crippen LogP contribution in [0.5, 0.6) is 0 Å². The van der Waals surface area contributed by atoms with E-state index in [1.54, 1.807) is 12.3 Å². The first kappa shape index (κ1) is 17.8. The number of carbonyl (C=O) groups excluding carboxylic acids is 1. The van der Waals surface area contributed by atoms with E-state index in [2.05, 4.69) is 22.2 Å². The number of hydrogen-bond acceptors (Lipinski definition) is 4. The summed E-state index contributed by atoms with van der Waals surface area (Å²) in [4.78, 5) is 17.6. The van der Waals surface area contributed by atoms with E-state index in [0.717, 1.165) is 17.8 Å². The summed E-state index contributed by atoms with van der Waals surface area (Å²) in [7, 11) is 0. The lowest BCUT2D eigenvalue weighted by atomic mass is 10.1. The number of fused-ring (bicyclic) bond motifs is 1. The zero-order valence-electron chi connectivity index (χ0n) is 13.8. The van der Waals surface area contributed by atoms with Gasteiger partial charge in [0.2, 0.25) is 5.91 Å². The van der Waals surface area contributed by atoms with Crippen molar-refractivity contribution in [3.8, 4) is 0 Å². The van der Waals surface area contributed by atoms with Gasteiger partial charge in [-0.15, -0.1) is 0 Å². The maximum atomic E-state index is 12.8. The van der Waals surface area contributed by atoms with Crippen molar-refractivity contribution in [3.05, 3.63) is 60.8 Å². The summed E-state index contributed by atoms with van der Waals surface area (Å²) in [6.45, 7) is 4.19. The molecule has 1 aromatic heterocycles. The first-order valence-electron chi connectivity index (χ1n) is 7.95. The molecule has 0 spiro atoms. The van der Waals surface area contributed by atoms with Crippen molar-refractivity contribution in [1.82, 2.24) is 10.3 Å². The van der Waals surface area contributed by atoms with Gasteiger partial charge in [0.1, 0.15) is 5.82 Å². The fraction of sp³-hybridized carbons (Fsp3) is 0.222.